The Morgan fingerprint density at radius 3 is 2.17 bits per heavy atom. The summed E-state index contributed by atoms with van der Waals surface area (Å²) >= 11 is 0. The molecule has 0 aromatic heterocycles. The maximum Gasteiger partial charge on any atom is 0.338 e. The van der Waals surface area contributed by atoms with Gasteiger partial charge < -0.3 is 29.4 Å². The minimum Gasteiger partial charge on any atom is -0.491 e. The van der Waals surface area contributed by atoms with Crippen molar-refractivity contribution in [3.8, 4) is 11.5 Å². The smallest absolute Gasteiger partial charge is 0.338 e. The van der Waals surface area contributed by atoms with Crippen molar-refractivity contribution < 1.29 is 28.8 Å². The molecule has 184 valence electrons. The third kappa shape index (κ3) is 8.57. The third-order valence-electron chi connectivity index (χ3n) is 5.09. The number of aliphatic hydroxyl groups is 1. The summed E-state index contributed by atoms with van der Waals surface area (Å²) in [4.78, 5) is 12.2. The van der Waals surface area contributed by atoms with Crippen LogP contribution in [0, 0.1) is 0 Å². The molecule has 7 nitrogen and oxygen atoms in total. The Hall–Kier alpha value is -3.65. The molecule has 0 amide bonds. The van der Waals surface area contributed by atoms with Crippen LogP contribution in [0.3, 0.4) is 0 Å². The lowest BCUT2D eigenvalue weighted by molar-refractivity contribution is -0.133. The van der Waals surface area contributed by atoms with Gasteiger partial charge in [0.2, 0.25) is 6.29 Å². The highest BCUT2D eigenvalue weighted by atomic mass is 16.7. The average molecular weight is 478 g/mol. The van der Waals surface area contributed by atoms with Crippen LogP contribution < -0.4 is 14.8 Å². The fourth-order valence-corrected chi connectivity index (χ4v) is 3.26. The molecular weight excluding hydrogens is 446 g/mol. The quantitative estimate of drug-likeness (QED) is 0.168. The zero-order chi connectivity index (χ0) is 24.9. The lowest BCUT2D eigenvalue weighted by atomic mass is 10.0. The number of nitrogens with one attached hydrogen (secondary N) is 1. The van der Waals surface area contributed by atoms with Crippen molar-refractivity contribution in [2.24, 2.45) is 0 Å². The van der Waals surface area contributed by atoms with Crippen molar-refractivity contribution in [2.75, 3.05) is 33.9 Å². The molecule has 0 heterocycles. The number of hydrogen-bond acceptors (Lipinski definition) is 7. The minimum absolute atomic E-state index is 0.122. The Morgan fingerprint density at radius 2 is 1.54 bits per heavy atom. The van der Waals surface area contributed by atoms with E-state index < -0.39 is 18.4 Å². The first-order valence-electron chi connectivity index (χ1n) is 11.3. The summed E-state index contributed by atoms with van der Waals surface area (Å²) < 4.78 is 21.7. The number of methoxy groups -OCH3 is 2. The minimum atomic E-state index is -0.715. The number of aliphatic hydroxyl groups excluding tert-OH is 1. The Labute approximate surface area is 205 Å². The predicted molar refractivity (Wildman–Crippen MR) is 135 cm³/mol. The highest BCUT2D eigenvalue weighted by Crippen LogP contribution is 2.21. The molecule has 0 saturated carbocycles. The van der Waals surface area contributed by atoms with E-state index in [1.54, 1.807) is 25.3 Å². The zero-order valence-electron chi connectivity index (χ0n) is 19.9. The van der Waals surface area contributed by atoms with Crippen LogP contribution in [-0.2, 0) is 14.3 Å². The molecule has 0 bridgehead atoms. The molecule has 0 fully saturated rings. The highest BCUT2D eigenvalue weighted by molar-refractivity contribution is 6.21. The van der Waals surface area contributed by atoms with E-state index in [1.807, 2.05) is 72.8 Å². The average Bonchev–Trinajstić information content (AvgIpc) is 2.91. The van der Waals surface area contributed by atoms with Crippen LogP contribution in [0.15, 0.2) is 84.9 Å². The zero-order valence-corrected chi connectivity index (χ0v) is 19.9. The fourth-order valence-electron chi connectivity index (χ4n) is 3.26. The van der Waals surface area contributed by atoms with Gasteiger partial charge in [-0.2, -0.15) is 0 Å². The molecule has 3 aromatic carbocycles. The summed E-state index contributed by atoms with van der Waals surface area (Å²) in [5.41, 5.74) is 2.07. The van der Waals surface area contributed by atoms with E-state index in [4.69, 9.17) is 18.9 Å². The summed E-state index contributed by atoms with van der Waals surface area (Å²) in [5.74, 6) is 0.922. The van der Waals surface area contributed by atoms with Crippen LogP contribution in [0.25, 0.3) is 11.6 Å². The molecule has 0 aliphatic heterocycles. The van der Waals surface area contributed by atoms with Crippen LogP contribution >= 0.6 is 0 Å². The van der Waals surface area contributed by atoms with E-state index in [-0.39, 0.29) is 6.61 Å². The molecule has 2 unspecified atom stereocenters. The summed E-state index contributed by atoms with van der Waals surface area (Å²) in [6.45, 7) is 0.850. The lowest BCUT2D eigenvalue weighted by Gasteiger charge is -2.19. The molecule has 0 aliphatic rings. The van der Waals surface area contributed by atoms with Crippen molar-refractivity contribution in [1.29, 1.82) is 0 Å². The lowest BCUT2D eigenvalue weighted by Crippen LogP contribution is -2.38. The van der Waals surface area contributed by atoms with E-state index in [2.05, 4.69) is 5.32 Å². The normalized spacial score (nSPS) is 13.1. The summed E-state index contributed by atoms with van der Waals surface area (Å²) in [6, 6.07) is 26.0. The molecule has 2 N–H and O–H groups in total. The number of carbonyl (C=O) groups is 1. The summed E-state index contributed by atoms with van der Waals surface area (Å²) in [7, 11) is 2.93. The second-order valence-electron chi connectivity index (χ2n) is 7.70. The van der Waals surface area contributed by atoms with E-state index in [0.29, 0.717) is 30.2 Å². The monoisotopic (exact) mass is 477 g/mol. The van der Waals surface area contributed by atoms with Crippen molar-refractivity contribution in [3.05, 3.63) is 96.1 Å². The van der Waals surface area contributed by atoms with Crippen LogP contribution in [0.4, 0.5) is 0 Å². The van der Waals surface area contributed by atoms with Gasteiger partial charge in [0.1, 0.15) is 24.2 Å². The summed E-state index contributed by atoms with van der Waals surface area (Å²) in [5, 5.41) is 13.4. The van der Waals surface area contributed by atoms with E-state index in [0.717, 1.165) is 11.1 Å². The Bertz CT molecular complexity index is 1050. The molecule has 3 aromatic rings. The van der Waals surface area contributed by atoms with E-state index >= 15 is 0 Å². The number of para-hydroxylation sites is 1. The second-order valence-corrected chi connectivity index (χ2v) is 7.70. The standard InChI is InChI=1S/C28H31NO6/c1-32-27(35-25-11-7-4-8-12-25)19-29-18-23(30)20-34-24-15-13-21(14-16-24)17-26(28(31)33-2)22-9-5-3-6-10-22/h3-17,23,27,29-30H,18-20H2,1-2H3. The summed E-state index contributed by atoms with van der Waals surface area (Å²) in [6.07, 6.45) is 0.581. The van der Waals surface area contributed by atoms with Gasteiger partial charge in [-0.3, -0.25) is 0 Å². The van der Waals surface area contributed by atoms with Gasteiger partial charge in [0.15, 0.2) is 0 Å². The molecule has 2 atom stereocenters. The highest BCUT2D eigenvalue weighted by Gasteiger charge is 2.13. The van der Waals surface area contributed by atoms with Gasteiger partial charge in [-0.15, -0.1) is 0 Å². The topological polar surface area (TPSA) is 86.3 Å². The Balaban J connectivity index is 1.47. The molecule has 0 radical (unpaired) electrons. The van der Waals surface area contributed by atoms with Gasteiger partial charge >= 0.3 is 5.97 Å². The number of ether oxygens (including phenoxy) is 4. The van der Waals surface area contributed by atoms with Gasteiger partial charge in [0.05, 0.1) is 19.2 Å². The molecular formula is C28H31NO6. The molecule has 0 spiro atoms. The Morgan fingerprint density at radius 1 is 0.886 bits per heavy atom. The third-order valence-corrected chi connectivity index (χ3v) is 5.09. The molecule has 7 heteroatoms. The number of benzene rings is 3. The first-order valence-corrected chi connectivity index (χ1v) is 11.3. The van der Waals surface area contributed by atoms with Gasteiger partial charge in [0, 0.05) is 13.7 Å². The van der Waals surface area contributed by atoms with Crippen molar-refractivity contribution in [2.45, 2.75) is 12.4 Å². The number of carbonyl (C=O) groups excluding carboxylic acids is 1. The number of rotatable bonds is 13. The largest absolute Gasteiger partial charge is 0.491 e. The van der Waals surface area contributed by atoms with Crippen LogP contribution in [0.2, 0.25) is 0 Å². The molecule has 3 rings (SSSR count). The number of hydrogen-bond donors (Lipinski definition) is 2. The molecule has 35 heavy (non-hydrogen) atoms. The van der Waals surface area contributed by atoms with Crippen LogP contribution in [-0.4, -0.2) is 57.4 Å². The maximum absolute atomic E-state index is 12.2. The number of esters is 1. The maximum atomic E-state index is 12.2. The van der Waals surface area contributed by atoms with E-state index in [1.165, 1.54) is 7.11 Å². The van der Waals surface area contributed by atoms with Crippen molar-refractivity contribution in [1.82, 2.24) is 5.32 Å². The van der Waals surface area contributed by atoms with Crippen LogP contribution in [0.5, 0.6) is 11.5 Å². The molecule has 0 aliphatic carbocycles. The SMILES string of the molecule is COC(=O)C(=Cc1ccc(OCC(O)CNCC(OC)Oc2ccccc2)cc1)c1ccccc1. The second kappa shape index (κ2) is 13.9. The van der Waals surface area contributed by atoms with Gasteiger partial charge in [-0.25, -0.2) is 4.79 Å². The Kier molecular flexibility index (Phi) is 10.3. The van der Waals surface area contributed by atoms with Gasteiger partial charge in [-0.1, -0.05) is 60.7 Å². The van der Waals surface area contributed by atoms with Gasteiger partial charge in [0.25, 0.3) is 0 Å². The van der Waals surface area contributed by atoms with Crippen molar-refractivity contribution >= 4 is 17.6 Å². The van der Waals surface area contributed by atoms with Gasteiger partial charge in [-0.05, 0) is 41.5 Å². The first-order chi connectivity index (χ1) is 17.1. The fraction of sp³-hybridized carbons (Fsp3) is 0.250. The predicted octanol–water partition coefficient (Wildman–Crippen LogP) is 3.78. The first kappa shape index (κ1) is 26.0. The van der Waals surface area contributed by atoms with Crippen LogP contribution in [0.1, 0.15) is 11.1 Å². The van der Waals surface area contributed by atoms with Crippen molar-refractivity contribution in [3.63, 3.8) is 0 Å². The van der Waals surface area contributed by atoms with E-state index in [9.17, 15) is 9.90 Å². The molecule has 0 saturated heterocycles.